The van der Waals surface area contributed by atoms with Crippen LogP contribution in [-0.2, 0) is 34.2 Å². The zero-order chi connectivity index (χ0) is 22.4. The van der Waals surface area contributed by atoms with Crippen molar-refractivity contribution in [3.8, 4) is 22.3 Å². The number of rotatable bonds is 5. The maximum Gasteiger partial charge on any atom is 0.239 e. The van der Waals surface area contributed by atoms with E-state index < -0.39 is 15.9 Å². The molecule has 0 atom stereocenters. The number of carbonyl (C=O) groups excluding carboxylic acids is 1. The van der Waals surface area contributed by atoms with E-state index >= 15 is 0 Å². The van der Waals surface area contributed by atoms with E-state index in [1.54, 1.807) is 0 Å². The lowest BCUT2D eigenvalue weighted by Gasteiger charge is -2.19. The number of nitrogens with one attached hydrogen (secondary N) is 1. The summed E-state index contributed by atoms with van der Waals surface area (Å²) in [5, 5.41) is 0.634. The minimum atomic E-state index is -3.64. The van der Waals surface area contributed by atoms with Crippen LogP contribution < -0.4 is 4.72 Å². The van der Waals surface area contributed by atoms with Gasteiger partial charge in [0.2, 0.25) is 15.9 Å². The largest absolute Gasteiger partial charge is 0.346 e. The SMILES string of the molecule is CC1(C)Cc2c(-c3ccccc3)c(-c3ccc(Cl)cc3)c(CC(=O)NS(C)(=O)=O)n2C1. The molecule has 0 spiro atoms. The van der Waals surface area contributed by atoms with Gasteiger partial charge < -0.3 is 4.57 Å². The number of hydrogen-bond acceptors (Lipinski definition) is 3. The Morgan fingerprint density at radius 2 is 1.65 bits per heavy atom. The smallest absolute Gasteiger partial charge is 0.239 e. The molecule has 162 valence electrons. The molecule has 0 aliphatic carbocycles. The molecule has 0 fully saturated rings. The normalized spacial score (nSPS) is 15.0. The number of nitrogens with zero attached hydrogens (tertiary/aromatic N) is 1. The Labute approximate surface area is 188 Å². The van der Waals surface area contributed by atoms with Gasteiger partial charge in [0.1, 0.15) is 0 Å². The predicted molar refractivity (Wildman–Crippen MR) is 124 cm³/mol. The fourth-order valence-electron chi connectivity index (χ4n) is 4.46. The lowest BCUT2D eigenvalue weighted by molar-refractivity contribution is -0.118. The molecule has 0 bridgehead atoms. The minimum Gasteiger partial charge on any atom is -0.346 e. The van der Waals surface area contributed by atoms with Crippen LogP contribution in [0.25, 0.3) is 22.3 Å². The van der Waals surface area contributed by atoms with Gasteiger partial charge in [-0.1, -0.05) is 67.9 Å². The maximum absolute atomic E-state index is 12.6. The number of aromatic nitrogens is 1. The zero-order valence-electron chi connectivity index (χ0n) is 17.8. The fourth-order valence-corrected chi connectivity index (χ4v) is 5.07. The molecular formula is C24H25ClN2O3S. The molecule has 0 saturated heterocycles. The lowest BCUT2D eigenvalue weighted by atomic mass is 9.86. The third kappa shape index (κ3) is 4.55. The molecule has 1 N–H and O–H groups in total. The van der Waals surface area contributed by atoms with Crippen molar-refractivity contribution in [2.75, 3.05) is 6.26 Å². The van der Waals surface area contributed by atoms with Gasteiger partial charge in [0.25, 0.3) is 0 Å². The van der Waals surface area contributed by atoms with Crippen molar-refractivity contribution in [3.63, 3.8) is 0 Å². The van der Waals surface area contributed by atoms with Crippen molar-refractivity contribution in [3.05, 3.63) is 71.0 Å². The van der Waals surface area contributed by atoms with Gasteiger partial charge in [-0.3, -0.25) is 9.52 Å². The van der Waals surface area contributed by atoms with Crippen LogP contribution in [0.15, 0.2) is 54.6 Å². The van der Waals surface area contributed by atoms with Gasteiger partial charge in [-0.25, -0.2) is 8.42 Å². The predicted octanol–water partition coefficient (Wildman–Crippen LogP) is 4.68. The highest BCUT2D eigenvalue weighted by Gasteiger charge is 2.36. The molecule has 4 rings (SSSR count). The van der Waals surface area contributed by atoms with E-state index in [1.807, 2.05) is 42.5 Å². The van der Waals surface area contributed by atoms with Gasteiger partial charge >= 0.3 is 0 Å². The number of hydrogen-bond donors (Lipinski definition) is 1. The summed E-state index contributed by atoms with van der Waals surface area (Å²) in [6.45, 7) is 5.17. The summed E-state index contributed by atoms with van der Waals surface area (Å²) < 4.78 is 27.6. The second-order valence-corrected chi connectivity index (χ2v) is 11.1. The van der Waals surface area contributed by atoms with Crippen molar-refractivity contribution in [1.29, 1.82) is 0 Å². The minimum absolute atomic E-state index is 0.0268. The van der Waals surface area contributed by atoms with E-state index in [0.29, 0.717) is 5.02 Å². The van der Waals surface area contributed by atoms with E-state index in [0.717, 1.165) is 47.2 Å². The van der Waals surface area contributed by atoms with E-state index in [1.165, 1.54) is 5.69 Å². The second kappa shape index (κ2) is 7.84. The fraction of sp³-hybridized carbons (Fsp3) is 0.292. The molecule has 1 amide bonds. The molecule has 5 nitrogen and oxygen atoms in total. The van der Waals surface area contributed by atoms with Gasteiger partial charge in [0, 0.05) is 34.1 Å². The summed E-state index contributed by atoms with van der Waals surface area (Å²) in [5.41, 5.74) is 6.10. The molecule has 31 heavy (non-hydrogen) atoms. The molecule has 1 aromatic heterocycles. The quantitative estimate of drug-likeness (QED) is 0.606. The molecular weight excluding hydrogens is 432 g/mol. The van der Waals surface area contributed by atoms with Crippen LogP contribution in [-0.4, -0.2) is 25.1 Å². The Bertz CT molecular complexity index is 1240. The number of halogens is 1. The lowest BCUT2D eigenvalue weighted by Crippen LogP contribution is -2.31. The second-order valence-electron chi connectivity index (χ2n) is 8.92. The number of fused-ring (bicyclic) bond motifs is 1. The number of amides is 1. The van der Waals surface area contributed by atoms with Crippen LogP contribution >= 0.6 is 11.6 Å². The molecule has 0 saturated carbocycles. The van der Waals surface area contributed by atoms with Crippen LogP contribution in [0, 0.1) is 5.41 Å². The van der Waals surface area contributed by atoms with Gasteiger partial charge in [0.05, 0.1) is 12.7 Å². The van der Waals surface area contributed by atoms with Crippen LogP contribution in [0.3, 0.4) is 0 Å². The third-order valence-electron chi connectivity index (χ3n) is 5.53. The highest BCUT2D eigenvalue weighted by Crippen LogP contribution is 2.47. The van der Waals surface area contributed by atoms with Gasteiger partial charge in [-0.2, -0.15) is 0 Å². The van der Waals surface area contributed by atoms with Crippen molar-refractivity contribution in [2.24, 2.45) is 5.41 Å². The first-order chi connectivity index (χ1) is 14.5. The molecule has 0 radical (unpaired) electrons. The first-order valence-electron chi connectivity index (χ1n) is 10.1. The molecule has 2 aromatic carbocycles. The van der Waals surface area contributed by atoms with E-state index in [4.69, 9.17) is 11.6 Å². The molecule has 3 aromatic rings. The van der Waals surface area contributed by atoms with Crippen LogP contribution in [0.2, 0.25) is 5.02 Å². The summed E-state index contributed by atoms with van der Waals surface area (Å²) in [5.74, 6) is -0.540. The average Bonchev–Trinajstić information content (AvgIpc) is 3.12. The average molecular weight is 457 g/mol. The van der Waals surface area contributed by atoms with Crippen LogP contribution in [0.1, 0.15) is 25.2 Å². The topological polar surface area (TPSA) is 68.2 Å². The summed E-state index contributed by atoms with van der Waals surface area (Å²) >= 11 is 6.13. The Hall–Kier alpha value is -2.57. The standard InChI is InChI=1S/C24H25ClN2O3S/c1-24(2)14-20-23(16-7-5-4-6-8-16)22(17-9-11-18(25)12-10-17)19(27(20)15-24)13-21(28)26-31(3,29)30/h4-12H,13-15H2,1-3H3,(H,26,28). The van der Waals surface area contributed by atoms with Crippen molar-refractivity contribution in [1.82, 2.24) is 9.29 Å². The van der Waals surface area contributed by atoms with Crippen LogP contribution in [0.5, 0.6) is 0 Å². The molecule has 2 heterocycles. The Morgan fingerprint density at radius 1 is 1.03 bits per heavy atom. The Morgan fingerprint density at radius 3 is 2.26 bits per heavy atom. The van der Waals surface area contributed by atoms with Crippen LogP contribution in [0.4, 0.5) is 0 Å². The highest BCUT2D eigenvalue weighted by atomic mass is 35.5. The number of sulfonamides is 1. The van der Waals surface area contributed by atoms with E-state index in [9.17, 15) is 13.2 Å². The summed E-state index contributed by atoms with van der Waals surface area (Å²) in [4.78, 5) is 12.6. The summed E-state index contributed by atoms with van der Waals surface area (Å²) in [6.07, 6.45) is 1.83. The molecule has 0 unspecified atom stereocenters. The Kier molecular flexibility index (Phi) is 5.48. The first-order valence-corrected chi connectivity index (χ1v) is 12.4. The zero-order valence-corrected chi connectivity index (χ0v) is 19.3. The van der Waals surface area contributed by atoms with Crippen molar-refractivity contribution < 1.29 is 13.2 Å². The summed E-state index contributed by atoms with van der Waals surface area (Å²) in [6, 6.07) is 17.7. The van der Waals surface area contributed by atoms with Gasteiger partial charge in [-0.05, 0) is 35.1 Å². The molecule has 1 aliphatic heterocycles. The van der Waals surface area contributed by atoms with Crippen molar-refractivity contribution >= 4 is 27.5 Å². The highest BCUT2D eigenvalue weighted by molar-refractivity contribution is 7.89. The maximum atomic E-state index is 12.6. The number of carbonyl (C=O) groups is 1. The monoisotopic (exact) mass is 456 g/mol. The van der Waals surface area contributed by atoms with Gasteiger partial charge in [0.15, 0.2) is 0 Å². The number of benzene rings is 2. The first kappa shape index (κ1) is 21.7. The molecule has 1 aliphatic rings. The van der Waals surface area contributed by atoms with Crippen molar-refractivity contribution in [2.45, 2.75) is 33.2 Å². The Balaban J connectivity index is 1.96. The van der Waals surface area contributed by atoms with Gasteiger partial charge in [-0.15, -0.1) is 0 Å². The summed E-state index contributed by atoms with van der Waals surface area (Å²) in [7, 11) is -3.64. The third-order valence-corrected chi connectivity index (χ3v) is 6.38. The van der Waals surface area contributed by atoms with E-state index in [2.05, 4.69) is 35.3 Å². The van der Waals surface area contributed by atoms with E-state index in [-0.39, 0.29) is 11.8 Å². The molecule has 7 heteroatoms.